The maximum Gasteiger partial charge on any atom is 0.312 e. The summed E-state index contributed by atoms with van der Waals surface area (Å²) in [4.78, 5) is 35.3. The van der Waals surface area contributed by atoms with Gasteiger partial charge in [-0.15, -0.1) is 0 Å². The summed E-state index contributed by atoms with van der Waals surface area (Å²) in [6.45, 7) is 2.04. The Hall–Kier alpha value is -2.64. The van der Waals surface area contributed by atoms with Crippen molar-refractivity contribution < 1.29 is 23.5 Å². The number of ether oxygens (including phenoxy) is 1. The number of benzene rings is 1. The second-order valence-electron chi connectivity index (χ2n) is 4.74. The summed E-state index contributed by atoms with van der Waals surface area (Å²) in [6, 6.07) is 5.21. The van der Waals surface area contributed by atoms with Crippen molar-refractivity contribution in [2.45, 2.75) is 19.9 Å². The average Bonchev–Trinajstić information content (AvgIpc) is 2.50. The molecule has 0 heterocycles. The maximum absolute atomic E-state index is 13.1. The van der Waals surface area contributed by atoms with Crippen molar-refractivity contribution in [2.24, 2.45) is 5.73 Å². The Bertz CT molecular complexity index is 565. The van der Waals surface area contributed by atoms with Crippen LogP contribution in [0.4, 0.5) is 9.18 Å². The molecule has 0 fully saturated rings. The van der Waals surface area contributed by atoms with Gasteiger partial charge in [-0.1, -0.05) is 12.1 Å². The zero-order chi connectivity index (χ0) is 17.2. The third-order valence-corrected chi connectivity index (χ3v) is 2.98. The molecule has 3 N–H and O–H groups in total. The first-order chi connectivity index (χ1) is 10.9. The summed E-state index contributed by atoms with van der Waals surface area (Å²) in [5, 5.41) is 2.24. The number of esters is 1. The fourth-order valence-corrected chi connectivity index (χ4v) is 1.83. The molecule has 0 aliphatic rings. The molecule has 126 valence electrons. The smallest absolute Gasteiger partial charge is 0.312 e. The van der Waals surface area contributed by atoms with E-state index in [2.05, 4.69) is 5.32 Å². The maximum atomic E-state index is 13.1. The second kappa shape index (κ2) is 9.39. The molecule has 23 heavy (non-hydrogen) atoms. The summed E-state index contributed by atoms with van der Waals surface area (Å²) in [5.74, 6) is -1.37. The zero-order valence-corrected chi connectivity index (χ0v) is 12.9. The molecule has 0 atom stereocenters. The van der Waals surface area contributed by atoms with E-state index in [0.717, 1.165) is 0 Å². The minimum Gasteiger partial charge on any atom is -0.456 e. The molecule has 0 aliphatic carbocycles. The predicted octanol–water partition coefficient (Wildman–Crippen LogP) is 0.776. The lowest BCUT2D eigenvalue weighted by Gasteiger charge is -2.21. The SMILES string of the molecule is CCN(Cc1cccc(F)c1)C(=O)COC(=O)CCNC(N)=O. The number of hydrogen-bond acceptors (Lipinski definition) is 4. The van der Waals surface area contributed by atoms with Gasteiger partial charge in [-0.2, -0.15) is 0 Å². The van der Waals surface area contributed by atoms with Crippen molar-refractivity contribution in [1.29, 1.82) is 0 Å². The first-order valence-electron chi connectivity index (χ1n) is 7.13. The quantitative estimate of drug-likeness (QED) is 0.689. The van der Waals surface area contributed by atoms with Crippen molar-refractivity contribution in [3.05, 3.63) is 35.6 Å². The van der Waals surface area contributed by atoms with Gasteiger partial charge in [0.15, 0.2) is 6.61 Å². The number of amides is 3. The topological polar surface area (TPSA) is 102 Å². The number of carbonyl (C=O) groups excluding carboxylic acids is 3. The Balaban J connectivity index is 2.41. The summed E-state index contributed by atoms with van der Waals surface area (Å²) in [5.41, 5.74) is 5.50. The molecule has 0 saturated heterocycles. The number of halogens is 1. The van der Waals surface area contributed by atoms with Crippen LogP contribution < -0.4 is 11.1 Å². The number of likely N-dealkylation sites (N-methyl/N-ethyl adjacent to an activating group) is 1. The molecule has 0 saturated carbocycles. The fourth-order valence-electron chi connectivity index (χ4n) is 1.83. The van der Waals surface area contributed by atoms with E-state index in [1.807, 2.05) is 0 Å². The molecule has 0 radical (unpaired) electrons. The predicted molar refractivity (Wildman–Crippen MR) is 80.7 cm³/mol. The standard InChI is InChI=1S/C15H20FN3O4/c1-2-19(9-11-4-3-5-12(16)8-11)13(20)10-23-14(21)6-7-18-15(17)22/h3-5,8H,2,6-7,9-10H2,1H3,(H3,17,18,22). The number of carbonyl (C=O) groups is 3. The molecule has 0 aliphatic heterocycles. The number of urea groups is 1. The summed E-state index contributed by atoms with van der Waals surface area (Å²) in [7, 11) is 0. The molecule has 0 bridgehead atoms. The molecule has 8 heteroatoms. The van der Waals surface area contributed by atoms with Gasteiger partial charge in [-0.3, -0.25) is 9.59 Å². The van der Waals surface area contributed by atoms with E-state index in [1.165, 1.54) is 17.0 Å². The molecule has 7 nitrogen and oxygen atoms in total. The van der Waals surface area contributed by atoms with Gasteiger partial charge < -0.3 is 20.7 Å². The van der Waals surface area contributed by atoms with Gasteiger partial charge in [0, 0.05) is 19.6 Å². The number of hydrogen-bond donors (Lipinski definition) is 2. The van der Waals surface area contributed by atoms with Gasteiger partial charge in [0.1, 0.15) is 5.82 Å². The molecular formula is C15H20FN3O4. The van der Waals surface area contributed by atoms with E-state index < -0.39 is 18.6 Å². The summed E-state index contributed by atoms with van der Waals surface area (Å²) >= 11 is 0. The summed E-state index contributed by atoms with van der Waals surface area (Å²) < 4.78 is 18.0. The van der Waals surface area contributed by atoms with E-state index in [-0.39, 0.29) is 31.2 Å². The highest BCUT2D eigenvalue weighted by Gasteiger charge is 2.15. The van der Waals surface area contributed by atoms with Crippen molar-refractivity contribution in [3.63, 3.8) is 0 Å². The molecule has 1 aromatic carbocycles. The van der Waals surface area contributed by atoms with Crippen LogP contribution in [0.15, 0.2) is 24.3 Å². The Labute approximate surface area is 133 Å². The van der Waals surface area contributed by atoms with Crippen molar-refractivity contribution in [3.8, 4) is 0 Å². The Morgan fingerprint density at radius 1 is 1.35 bits per heavy atom. The molecule has 0 spiro atoms. The third-order valence-electron chi connectivity index (χ3n) is 2.98. The van der Waals surface area contributed by atoms with Crippen LogP contribution in [0.1, 0.15) is 18.9 Å². The highest BCUT2D eigenvalue weighted by molar-refractivity contribution is 5.81. The average molecular weight is 325 g/mol. The monoisotopic (exact) mass is 325 g/mol. The number of primary amides is 1. The van der Waals surface area contributed by atoms with Crippen molar-refractivity contribution in [2.75, 3.05) is 19.7 Å². The Kier molecular flexibility index (Phi) is 7.52. The van der Waals surface area contributed by atoms with Crippen LogP contribution in [-0.4, -0.2) is 42.5 Å². The lowest BCUT2D eigenvalue weighted by Crippen LogP contribution is -2.35. The van der Waals surface area contributed by atoms with Gasteiger partial charge in [-0.05, 0) is 24.6 Å². The first-order valence-corrected chi connectivity index (χ1v) is 7.13. The van der Waals surface area contributed by atoms with E-state index >= 15 is 0 Å². The van der Waals surface area contributed by atoms with Gasteiger partial charge in [0.05, 0.1) is 6.42 Å². The van der Waals surface area contributed by atoms with Crippen LogP contribution in [0.25, 0.3) is 0 Å². The lowest BCUT2D eigenvalue weighted by molar-refractivity contribution is -0.152. The number of rotatable bonds is 8. The van der Waals surface area contributed by atoms with Crippen LogP contribution >= 0.6 is 0 Å². The summed E-state index contributed by atoms with van der Waals surface area (Å²) in [6.07, 6.45) is -0.0771. The van der Waals surface area contributed by atoms with Crippen molar-refractivity contribution in [1.82, 2.24) is 10.2 Å². The normalized spacial score (nSPS) is 10.0. The Morgan fingerprint density at radius 2 is 2.09 bits per heavy atom. The molecule has 1 rings (SSSR count). The molecule has 0 unspecified atom stereocenters. The van der Waals surface area contributed by atoms with Gasteiger partial charge in [0.2, 0.25) is 0 Å². The third kappa shape index (κ3) is 7.25. The van der Waals surface area contributed by atoms with Gasteiger partial charge >= 0.3 is 12.0 Å². The van der Waals surface area contributed by atoms with E-state index in [1.54, 1.807) is 19.1 Å². The van der Waals surface area contributed by atoms with E-state index in [9.17, 15) is 18.8 Å². The molecule has 1 aromatic rings. The van der Waals surface area contributed by atoms with Crippen LogP contribution in [0.2, 0.25) is 0 Å². The minimum atomic E-state index is -0.735. The number of nitrogens with zero attached hydrogens (tertiary/aromatic N) is 1. The van der Waals surface area contributed by atoms with Crippen LogP contribution in [0, 0.1) is 5.82 Å². The van der Waals surface area contributed by atoms with E-state index in [4.69, 9.17) is 10.5 Å². The van der Waals surface area contributed by atoms with Gasteiger partial charge in [0.25, 0.3) is 5.91 Å². The molecular weight excluding hydrogens is 305 g/mol. The van der Waals surface area contributed by atoms with Crippen LogP contribution in [0.5, 0.6) is 0 Å². The first kappa shape index (κ1) is 18.4. The fraction of sp³-hybridized carbons (Fsp3) is 0.400. The Morgan fingerprint density at radius 3 is 2.70 bits per heavy atom. The largest absolute Gasteiger partial charge is 0.456 e. The molecule has 3 amide bonds. The number of nitrogens with one attached hydrogen (secondary N) is 1. The minimum absolute atomic E-state index is 0.0448. The second-order valence-corrected chi connectivity index (χ2v) is 4.74. The van der Waals surface area contributed by atoms with Gasteiger partial charge in [-0.25, -0.2) is 9.18 Å². The number of nitrogens with two attached hydrogens (primary N) is 1. The van der Waals surface area contributed by atoms with Crippen LogP contribution in [0.3, 0.4) is 0 Å². The highest BCUT2D eigenvalue weighted by atomic mass is 19.1. The molecule has 0 aromatic heterocycles. The highest BCUT2D eigenvalue weighted by Crippen LogP contribution is 2.07. The van der Waals surface area contributed by atoms with Crippen molar-refractivity contribution >= 4 is 17.9 Å². The van der Waals surface area contributed by atoms with Crippen LogP contribution in [-0.2, 0) is 20.9 Å². The zero-order valence-electron chi connectivity index (χ0n) is 12.9. The lowest BCUT2D eigenvalue weighted by atomic mass is 10.2. The van der Waals surface area contributed by atoms with E-state index in [0.29, 0.717) is 12.1 Å².